The second kappa shape index (κ2) is 13.4. The van der Waals surface area contributed by atoms with Crippen molar-refractivity contribution in [3.63, 3.8) is 0 Å². The maximum absolute atomic E-state index is 6.38. The fourth-order valence-electron chi connectivity index (χ4n) is 6.30. The minimum atomic E-state index is -0.102. The third-order valence-corrected chi connectivity index (χ3v) is 9.29. The molecule has 0 aliphatic carbocycles. The number of benzene rings is 2. The van der Waals surface area contributed by atoms with Gasteiger partial charge in [-0.05, 0) is 74.2 Å². The lowest BCUT2D eigenvalue weighted by atomic mass is 9.74. The first-order valence-corrected chi connectivity index (χ1v) is 15.9. The molecule has 2 aromatic carbocycles. The fraction of sp³-hybridized carbons (Fsp3) is 0.469. The van der Waals surface area contributed by atoms with Gasteiger partial charge in [-0.3, -0.25) is 0 Å². The fourth-order valence-corrected chi connectivity index (χ4v) is 6.65. The van der Waals surface area contributed by atoms with Crippen molar-refractivity contribution in [1.29, 1.82) is 0 Å². The lowest BCUT2D eigenvalue weighted by Crippen LogP contribution is -2.47. The van der Waals surface area contributed by atoms with Gasteiger partial charge >= 0.3 is 0 Å². The molecule has 0 saturated carbocycles. The third-order valence-electron chi connectivity index (χ3n) is 8.80. The molecule has 3 aromatic rings. The highest BCUT2D eigenvalue weighted by Crippen LogP contribution is 2.35. The van der Waals surface area contributed by atoms with Crippen molar-refractivity contribution in [1.82, 2.24) is 15.3 Å². The predicted octanol–water partition coefficient (Wildman–Crippen LogP) is 5.48. The second-order valence-corrected chi connectivity index (χ2v) is 12.3. The Morgan fingerprint density at radius 3 is 2.17 bits per heavy atom. The molecule has 0 amide bonds. The van der Waals surface area contributed by atoms with Gasteiger partial charge in [-0.2, -0.15) is 9.97 Å². The van der Waals surface area contributed by atoms with E-state index < -0.39 is 0 Å². The molecular weight excluding hydrogens is 566 g/mol. The molecule has 0 radical (unpaired) electrons. The number of piperidine rings is 1. The van der Waals surface area contributed by atoms with Gasteiger partial charge in [0.05, 0.1) is 0 Å². The Kier molecular flexibility index (Phi) is 9.27. The normalized spacial score (nSPS) is 18.9. The van der Waals surface area contributed by atoms with Gasteiger partial charge in [0.1, 0.15) is 11.6 Å². The number of halogens is 1. The van der Waals surface area contributed by atoms with Crippen LogP contribution in [0.2, 0.25) is 5.02 Å². The number of para-hydroxylation sites is 1. The number of ether oxygens (including phenoxy) is 1. The lowest BCUT2D eigenvalue weighted by Gasteiger charge is -2.38. The molecule has 3 fully saturated rings. The van der Waals surface area contributed by atoms with Crippen molar-refractivity contribution in [3.05, 3.63) is 71.2 Å². The first-order valence-electron chi connectivity index (χ1n) is 15.2. The Morgan fingerprint density at radius 2 is 1.48 bits per heavy atom. The van der Waals surface area contributed by atoms with Gasteiger partial charge in [0.2, 0.25) is 5.95 Å². The maximum Gasteiger partial charge on any atom is 0.232 e. The first-order chi connectivity index (χ1) is 20.6. The molecule has 3 saturated heterocycles. The van der Waals surface area contributed by atoms with Gasteiger partial charge in [-0.25, -0.2) is 0 Å². The summed E-state index contributed by atoms with van der Waals surface area (Å²) in [5, 5.41) is 8.10. The molecule has 2 N–H and O–H groups in total. The Hall–Kier alpha value is -3.14. The number of piperazine rings is 1. The molecule has 6 rings (SSSR count). The van der Waals surface area contributed by atoms with Crippen LogP contribution in [-0.2, 0) is 10.2 Å². The van der Waals surface area contributed by atoms with Crippen LogP contribution < -0.4 is 25.3 Å². The van der Waals surface area contributed by atoms with Gasteiger partial charge in [0.15, 0.2) is 5.11 Å². The zero-order valence-electron chi connectivity index (χ0n) is 24.1. The number of aromatic nitrogens is 2. The van der Waals surface area contributed by atoms with Crippen LogP contribution >= 0.6 is 23.8 Å². The van der Waals surface area contributed by atoms with E-state index in [1.807, 2.05) is 12.1 Å². The van der Waals surface area contributed by atoms with E-state index in [1.165, 1.54) is 30.5 Å². The van der Waals surface area contributed by atoms with Gasteiger partial charge < -0.3 is 30.1 Å². The van der Waals surface area contributed by atoms with E-state index in [2.05, 4.69) is 73.9 Å². The van der Waals surface area contributed by atoms with Crippen LogP contribution in [-0.4, -0.2) is 74.1 Å². The van der Waals surface area contributed by atoms with E-state index in [9.17, 15) is 0 Å². The average molecular weight is 606 g/mol. The Labute approximate surface area is 259 Å². The van der Waals surface area contributed by atoms with Crippen LogP contribution in [0, 0.1) is 0 Å². The number of hydrogen-bond acceptors (Lipinski definition) is 7. The smallest absolute Gasteiger partial charge is 0.232 e. The summed E-state index contributed by atoms with van der Waals surface area (Å²) >= 11 is 12.2. The molecule has 0 atom stereocenters. The van der Waals surface area contributed by atoms with Crippen molar-refractivity contribution in [2.45, 2.75) is 37.5 Å². The highest BCUT2D eigenvalue weighted by Gasteiger charge is 2.35. The van der Waals surface area contributed by atoms with E-state index in [0.29, 0.717) is 17.6 Å². The summed E-state index contributed by atoms with van der Waals surface area (Å²) in [7, 11) is 0. The highest BCUT2D eigenvalue weighted by atomic mass is 35.5. The van der Waals surface area contributed by atoms with Crippen molar-refractivity contribution in [2.75, 3.05) is 79.0 Å². The van der Waals surface area contributed by atoms with Gasteiger partial charge in [0.25, 0.3) is 0 Å². The largest absolute Gasteiger partial charge is 0.381 e. The quantitative estimate of drug-likeness (QED) is 0.341. The van der Waals surface area contributed by atoms with Crippen molar-refractivity contribution >= 4 is 52.2 Å². The van der Waals surface area contributed by atoms with Crippen LogP contribution in [0.4, 0.5) is 23.3 Å². The predicted molar refractivity (Wildman–Crippen MR) is 176 cm³/mol. The summed E-state index contributed by atoms with van der Waals surface area (Å²) in [4.78, 5) is 17.1. The number of anilines is 4. The van der Waals surface area contributed by atoms with E-state index >= 15 is 0 Å². The standard InChI is InChI=1S/C32H40ClN7OS/c33-26-9-7-8-25(22-26)32(12-20-41-21-13-32)24-34-31(42)37-30-35-28(39-14-5-2-6-15-39)23-29(36-30)40-18-16-38(17-19-40)27-10-3-1-4-11-27/h1,3-4,7-11,22-23H,2,5-6,12-21,24H2,(H2,34,35,36,37,42). The highest BCUT2D eigenvalue weighted by molar-refractivity contribution is 7.80. The molecule has 4 heterocycles. The van der Waals surface area contributed by atoms with Crippen LogP contribution in [0.5, 0.6) is 0 Å². The number of thiocarbonyl (C=S) groups is 1. The minimum Gasteiger partial charge on any atom is -0.381 e. The molecule has 42 heavy (non-hydrogen) atoms. The molecule has 0 unspecified atom stereocenters. The van der Waals surface area contributed by atoms with E-state index in [0.717, 1.165) is 82.0 Å². The Morgan fingerprint density at radius 1 is 0.810 bits per heavy atom. The van der Waals surface area contributed by atoms with Crippen LogP contribution in [0.15, 0.2) is 60.7 Å². The molecule has 3 aliphatic heterocycles. The van der Waals surface area contributed by atoms with Gasteiger partial charge in [-0.1, -0.05) is 41.9 Å². The second-order valence-electron chi connectivity index (χ2n) is 11.5. The molecule has 0 bridgehead atoms. The monoisotopic (exact) mass is 605 g/mol. The molecule has 222 valence electrons. The number of hydrogen-bond donors (Lipinski definition) is 2. The summed E-state index contributed by atoms with van der Waals surface area (Å²) < 4.78 is 5.71. The Balaban J connectivity index is 1.17. The van der Waals surface area contributed by atoms with Crippen LogP contribution in [0.3, 0.4) is 0 Å². The van der Waals surface area contributed by atoms with Crippen molar-refractivity contribution in [2.24, 2.45) is 0 Å². The molecule has 8 nitrogen and oxygen atoms in total. The number of nitrogens with zero attached hydrogens (tertiary/aromatic N) is 5. The van der Waals surface area contributed by atoms with Crippen molar-refractivity contribution < 1.29 is 4.74 Å². The average Bonchev–Trinajstić information content (AvgIpc) is 3.05. The van der Waals surface area contributed by atoms with E-state index in [-0.39, 0.29) is 5.41 Å². The summed E-state index contributed by atoms with van der Waals surface area (Å²) in [6.45, 7) is 7.86. The summed E-state index contributed by atoms with van der Waals surface area (Å²) in [5.41, 5.74) is 2.39. The number of nitrogens with one attached hydrogen (secondary N) is 2. The van der Waals surface area contributed by atoms with Crippen LogP contribution in [0.25, 0.3) is 0 Å². The Bertz CT molecular complexity index is 1340. The summed E-state index contributed by atoms with van der Waals surface area (Å²) in [6, 6.07) is 21.0. The zero-order valence-corrected chi connectivity index (χ0v) is 25.7. The topological polar surface area (TPSA) is 68.8 Å². The molecule has 10 heteroatoms. The minimum absolute atomic E-state index is 0.102. The van der Waals surface area contributed by atoms with Gasteiger partial charge in [-0.15, -0.1) is 0 Å². The molecular formula is C32H40ClN7OS. The molecule has 3 aliphatic rings. The summed E-state index contributed by atoms with van der Waals surface area (Å²) in [5.74, 6) is 2.46. The van der Waals surface area contributed by atoms with E-state index in [1.54, 1.807) is 0 Å². The molecule has 1 aromatic heterocycles. The van der Waals surface area contributed by atoms with Gasteiger partial charge in [0, 0.05) is 81.2 Å². The van der Waals surface area contributed by atoms with Crippen molar-refractivity contribution in [3.8, 4) is 0 Å². The SMILES string of the molecule is S=C(NCC1(c2cccc(Cl)c2)CCOCC1)Nc1nc(N2CCCCC2)cc(N2CCN(c3ccccc3)CC2)n1. The number of rotatable bonds is 7. The third kappa shape index (κ3) is 6.90. The lowest BCUT2D eigenvalue weighted by molar-refractivity contribution is 0.0515. The molecule has 0 spiro atoms. The zero-order chi connectivity index (χ0) is 28.8. The van der Waals surface area contributed by atoms with E-state index in [4.69, 9.17) is 38.5 Å². The summed E-state index contributed by atoms with van der Waals surface area (Å²) in [6.07, 6.45) is 5.46. The first kappa shape index (κ1) is 29.0. The van der Waals surface area contributed by atoms with Crippen LogP contribution in [0.1, 0.15) is 37.7 Å². The maximum atomic E-state index is 6.38.